The van der Waals surface area contributed by atoms with Crippen molar-refractivity contribution in [1.29, 1.82) is 0 Å². The SMILES string of the molecule is COc1ccccc1C(CNC(=O)c1c(C)nc(C(C)(C)C)[nH]c1=O)N1CCCC1. The van der Waals surface area contributed by atoms with Gasteiger partial charge in [0.15, 0.2) is 0 Å². The Labute approximate surface area is 177 Å². The van der Waals surface area contributed by atoms with Crippen molar-refractivity contribution in [3.05, 3.63) is 57.3 Å². The minimum Gasteiger partial charge on any atom is -0.496 e. The van der Waals surface area contributed by atoms with Gasteiger partial charge in [-0.15, -0.1) is 0 Å². The van der Waals surface area contributed by atoms with Crippen molar-refractivity contribution < 1.29 is 9.53 Å². The van der Waals surface area contributed by atoms with Crippen LogP contribution in [0.4, 0.5) is 0 Å². The number of aryl methyl sites for hydroxylation is 1. The highest BCUT2D eigenvalue weighted by atomic mass is 16.5. The summed E-state index contributed by atoms with van der Waals surface area (Å²) in [5, 5.41) is 2.97. The van der Waals surface area contributed by atoms with Gasteiger partial charge in [-0.3, -0.25) is 14.5 Å². The van der Waals surface area contributed by atoms with Crippen molar-refractivity contribution in [2.75, 3.05) is 26.7 Å². The molecule has 30 heavy (non-hydrogen) atoms. The fourth-order valence-corrected chi connectivity index (χ4v) is 3.92. The number of methoxy groups -OCH3 is 1. The summed E-state index contributed by atoms with van der Waals surface area (Å²) in [4.78, 5) is 35.2. The average Bonchev–Trinajstić information content (AvgIpc) is 3.21. The van der Waals surface area contributed by atoms with Gasteiger partial charge in [0.25, 0.3) is 11.5 Å². The lowest BCUT2D eigenvalue weighted by molar-refractivity contribution is 0.0934. The van der Waals surface area contributed by atoms with Crippen molar-refractivity contribution in [3.63, 3.8) is 0 Å². The number of benzene rings is 1. The molecule has 0 saturated carbocycles. The first-order chi connectivity index (χ1) is 14.2. The number of carbonyl (C=O) groups excluding carboxylic acids is 1. The van der Waals surface area contributed by atoms with Gasteiger partial charge in [0.05, 0.1) is 18.8 Å². The van der Waals surface area contributed by atoms with Gasteiger partial charge in [-0.1, -0.05) is 39.0 Å². The zero-order valence-electron chi connectivity index (χ0n) is 18.5. The summed E-state index contributed by atoms with van der Waals surface area (Å²) in [6, 6.07) is 7.87. The first kappa shape index (κ1) is 22.0. The Balaban J connectivity index is 1.84. The van der Waals surface area contributed by atoms with Gasteiger partial charge in [0, 0.05) is 17.5 Å². The number of hydrogen-bond acceptors (Lipinski definition) is 5. The van der Waals surface area contributed by atoms with Gasteiger partial charge >= 0.3 is 0 Å². The van der Waals surface area contributed by atoms with Crippen LogP contribution in [-0.4, -0.2) is 47.5 Å². The molecule has 1 amide bonds. The molecule has 1 atom stereocenters. The number of hydrogen-bond donors (Lipinski definition) is 2. The monoisotopic (exact) mass is 412 g/mol. The van der Waals surface area contributed by atoms with Crippen LogP contribution in [0.15, 0.2) is 29.1 Å². The van der Waals surface area contributed by atoms with Gasteiger partial charge in [0.2, 0.25) is 0 Å². The molecule has 2 N–H and O–H groups in total. The third kappa shape index (κ3) is 4.73. The van der Waals surface area contributed by atoms with E-state index in [1.54, 1.807) is 14.0 Å². The van der Waals surface area contributed by atoms with E-state index in [9.17, 15) is 9.59 Å². The zero-order chi connectivity index (χ0) is 21.9. The molecule has 0 bridgehead atoms. The zero-order valence-corrected chi connectivity index (χ0v) is 18.5. The normalized spacial score (nSPS) is 15.8. The number of rotatable bonds is 6. The van der Waals surface area contributed by atoms with E-state index >= 15 is 0 Å². The minimum atomic E-state index is -0.403. The van der Waals surface area contributed by atoms with Gasteiger partial charge in [0.1, 0.15) is 17.1 Å². The lowest BCUT2D eigenvalue weighted by atomic mass is 9.95. The van der Waals surface area contributed by atoms with E-state index in [4.69, 9.17) is 4.74 Å². The number of para-hydroxylation sites is 1. The number of carbonyl (C=O) groups is 1. The van der Waals surface area contributed by atoms with Crippen LogP contribution < -0.4 is 15.6 Å². The number of aromatic amines is 1. The van der Waals surface area contributed by atoms with Crippen molar-refractivity contribution in [1.82, 2.24) is 20.2 Å². The van der Waals surface area contributed by atoms with Crippen LogP contribution in [0.25, 0.3) is 0 Å². The van der Waals surface area contributed by atoms with E-state index in [0.29, 0.717) is 18.1 Å². The number of ether oxygens (including phenoxy) is 1. The Morgan fingerprint density at radius 1 is 1.27 bits per heavy atom. The van der Waals surface area contributed by atoms with Gasteiger partial charge < -0.3 is 15.0 Å². The molecule has 0 radical (unpaired) electrons. The molecule has 1 fully saturated rings. The van der Waals surface area contributed by atoms with E-state index in [-0.39, 0.29) is 17.0 Å². The number of likely N-dealkylation sites (tertiary alicyclic amines) is 1. The summed E-state index contributed by atoms with van der Waals surface area (Å²) in [5.74, 6) is 0.972. The highest BCUT2D eigenvalue weighted by Crippen LogP contribution is 2.31. The summed E-state index contributed by atoms with van der Waals surface area (Å²) in [7, 11) is 1.66. The van der Waals surface area contributed by atoms with Crippen LogP contribution in [0.1, 0.15) is 67.1 Å². The maximum atomic E-state index is 12.9. The van der Waals surface area contributed by atoms with Crippen LogP contribution in [0.2, 0.25) is 0 Å². The summed E-state index contributed by atoms with van der Waals surface area (Å²) in [5.41, 5.74) is 0.845. The number of H-pyrrole nitrogens is 1. The van der Waals surface area contributed by atoms with E-state index in [0.717, 1.165) is 37.2 Å². The van der Waals surface area contributed by atoms with E-state index in [1.165, 1.54) is 0 Å². The summed E-state index contributed by atoms with van der Waals surface area (Å²) >= 11 is 0. The molecule has 2 heterocycles. The molecule has 0 spiro atoms. The Hall–Kier alpha value is -2.67. The molecule has 3 rings (SSSR count). The lowest BCUT2D eigenvalue weighted by Crippen LogP contribution is -2.39. The van der Waals surface area contributed by atoms with Crippen LogP contribution in [0.3, 0.4) is 0 Å². The van der Waals surface area contributed by atoms with Crippen LogP contribution in [-0.2, 0) is 5.41 Å². The van der Waals surface area contributed by atoms with Crippen LogP contribution in [0, 0.1) is 6.92 Å². The summed E-state index contributed by atoms with van der Waals surface area (Å²) < 4.78 is 5.56. The highest BCUT2D eigenvalue weighted by molar-refractivity contribution is 5.94. The maximum Gasteiger partial charge on any atom is 0.264 e. The van der Waals surface area contributed by atoms with Gasteiger partial charge in [-0.05, 0) is 38.9 Å². The van der Waals surface area contributed by atoms with E-state index in [1.807, 2.05) is 45.0 Å². The highest BCUT2D eigenvalue weighted by Gasteiger charge is 2.28. The molecule has 7 nitrogen and oxygen atoms in total. The third-order valence-electron chi connectivity index (χ3n) is 5.57. The first-order valence-corrected chi connectivity index (χ1v) is 10.5. The average molecular weight is 413 g/mol. The minimum absolute atomic E-state index is 0.0196. The molecule has 1 saturated heterocycles. The lowest BCUT2D eigenvalue weighted by Gasteiger charge is -2.29. The largest absolute Gasteiger partial charge is 0.496 e. The first-order valence-electron chi connectivity index (χ1n) is 10.5. The number of nitrogens with one attached hydrogen (secondary N) is 2. The van der Waals surface area contributed by atoms with Crippen molar-refractivity contribution >= 4 is 5.91 Å². The van der Waals surface area contributed by atoms with E-state index in [2.05, 4.69) is 20.2 Å². The Kier molecular flexibility index (Phi) is 6.61. The summed E-state index contributed by atoms with van der Waals surface area (Å²) in [6.45, 7) is 9.95. The fourth-order valence-electron chi connectivity index (χ4n) is 3.92. The predicted octanol–water partition coefficient (Wildman–Crippen LogP) is 2.95. The summed E-state index contributed by atoms with van der Waals surface area (Å²) in [6.07, 6.45) is 2.27. The van der Waals surface area contributed by atoms with Gasteiger partial charge in [-0.25, -0.2) is 4.98 Å². The molecule has 1 aliphatic rings. The second kappa shape index (κ2) is 9.00. The van der Waals surface area contributed by atoms with Crippen LogP contribution in [0.5, 0.6) is 5.75 Å². The molecule has 162 valence electrons. The quantitative estimate of drug-likeness (QED) is 0.762. The van der Waals surface area contributed by atoms with E-state index < -0.39 is 11.5 Å². The molecule has 1 unspecified atom stereocenters. The molecule has 1 aromatic carbocycles. The van der Waals surface area contributed by atoms with Crippen molar-refractivity contribution in [2.24, 2.45) is 0 Å². The smallest absolute Gasteiger partial charge is 0.264 e. The fraction of sp³-hybridized carbons (Fsp3) is 0.522. The van der Waals surface area contributed by atoms with Crippen molar-refractivity contribution in [2.45, 2.75) is 52.0 Å². The number of amides is 1. The maximum absolute atomic E-state index is 12.9. The second-order valence-corrected chi connectivity index (χ2v) is 8.84. The molecule has 1 aliphatic heterocycles. The Morgan fingerprint density at radius 2 is 1.93 bits per heavy atom. The molecule has 7 heteroatoms. The Bertz CT molecular complexity index is 956. The predicted molar refractivity (Wildman–Crippen MR) is 117 cm³/mol. The standard InChI is InChI=1S/C23H32N4O3/c1-15-19(21(29)26-22(25-15)23(2,3)4)20(28)24-14-17(27-12-8-9-13-27)16-10-6-7-11-18(16)30-5/h6-7,10-11,17H,8-9,12-14H2,1-5H3,(H,24,28)(H,25,26,29). The molecular weight excluding hydrogens is 380 g/mol. The molecule has 2 aromatic rings. The second-order valence-electron chi connectivity index (χ2n) is 8.84. The molecular formula is C23H32N4O3. The third-order valence-corrected chi connectivity index (χ3v) is 5.57. The van der Waals surface area contributed by atoms with Gasteiger partial charge in [-0.2, -0.15) is 0 Å². The number of aromatic nitrogens is 2. The Morgan fingerprint density at radius 3 is 2.53 bits per heavy atom. The van der Waals surface area contributed by atoms with Crippen LogP contribution >= 0.6 is 0 Å². The molecule has 1 aromatic heterocycles. The molecule has 0 aliphatic carbocycles. The topological polar surface area (TPSA) is 87.3 Å². The van der Waals surface area contributed by atoms with Crippen molar-refractivity contribution in [3.8, 4) is 5.75 Å². The number of nitrogens with zero attached hydrogens (tertiary/aromatic N) is 2.